The lowest BCUT2D eigenvalue weighted by atomic mass is 10.2. The van der Waals surface area contributed by atoms with Crippen LogP contribution in [0.2, 0.25) is 0 Å². The summed E-state index contributed by atoms with van der Waals surface area (Å²) in [5.74, 6) is -0.902. The van der Waals surface area contributed by atoms with Crippen molar-refractivity contribution in [2.24, 2.45) is 0 Å². The van der Waals surface area contributed by atoms with Crippen LogP contribution in [-0.2, 0) is 4.74 Å². The summed E-state index contributed by atoms with van der Waals surface area (Å²) in [6.45, 7) is 1.30. The van der Waals surface area contributed by atoms with E-state index in [0.29, 0.717) is 18.8 Å². The van der Waals surface area contributed by atoms with E-state index in [1.165, 1.54) is 0 Å². The quantitative estimate of drug-likeness (QED) is 0.927. The maximum absolute atomic E-state index is 11.2. The van der Waals surface area contributed by atoms with Gasteiger partial charge in [-0.25, -0.2) is 4.79 Å². The predicted octanol–water partition coefficient (Wildman–Crippen LogP) is 2.67. The predicted molar refractivity (Wildman–Crippen MR) is 66.5 cm³/mol. The normalized spacial score (nSPS) is 16.1. The van der Waals surface area contributed by atoms with Gasteiger partial charge >= 0.3 is 5.97 Å². The van der Waals surface area contributed by atoms with Crippen molar-refractivity contribution in [3.05, 3.63) is 34.4 Å². The largest absolute Gasteiger partial charge is 0.478 e. The summed E-state index contributed by atoms with van der Waals surface area (Å²) in [6.07, 6.45) is 1.70. The zero-order valence-electron chi connectivity index (χ0n) is 8.89. The molecule has 0 spiro atoms. The van der Waals surface area contributed by atoms with Crippen LogP contribution in [0.4, 0.5) is 0 Å². The van der Waals surface area contributed by atoms with Crippen LogP contribution in [0.25, 0.3) is 10.9 Å². The van der Waals surface area contributed by atoms with Gasteiger partial charge in [-0.2, -0.15) is 0 Å². The molecular weight excluding hydrogens is 286 g/mol. The maximum Gasteiger partial charge on any atom is 0.337 e. The summed E-state index contributed by atoms with van der Waals surface area (Å²) >= 11 is 3.41. The van der Waals surface area contributed by atoms with Gasteiger partial charge in [0, 0.05) is 16.1 Å². The number of hydrogen-bond donors (Lipinski definition) is 1. The minimum atomic E-state index is -0.902. The van der Waals surface area contributed by atoms with Crippen LogP contribution in [0.15, 0.2) is 28.9 Å². The molecule has 1 saturated heterocycles. The Balaban J connectivity index is 2.30. The van der Waals surface area contributed by atoms with E-state index in [4.69, 9.17) is 4.74 Å². The van der Waals surface area contributed by atoms with Crippen molar-refractivity contribution in [1.29, 1.82) is 0 Å². The molecule has 0 radical (unpaired) electrons. The molecule has 0 saturated carbocycles. The van der Waals surface area contributed by atoms with Crippen LogP contribution in [-0.4, -0.2) is 28.9 Å². The molecule has 1 aliphatic rings. The van der Waals surface area contributed by atoms with Gasteiger partial charge in [0.2, 0.25) is 0 Å². The zero-order valence-corrected chi connectivity index (χ0v) is 10.5. The van der Waals surface area contributed by atoms with Gasteiger partial charge in [-0.3, -0.25) is 0 Å². The zero-order chi connectivity index (χ0) is 12.0. The Bertz CT molecular complexity index is 601. The lowest BCUT2D eigenvalue weighted by Crippen LogP contribution is -2.30. The van der Waals surface area contributed by atoms with Crippen LogP contribution in [0.1, 0.15) is 16.4 Å². The van der Waals surface area contributed by atoms with Crippen molar-refractivity contribution in [2.75, 3.05) is 13.2 Å². The Kier molecular flexibility index (Phi) is 2.45. The first-order valence-corrected chi connectivity index (χ1v) is 6.08. The van der Waals surface area contributed by atoms with Crippen LogP contribution < -0.4 is 0 Å². The van der Waals surface area contributed by atoms with Gasteiger partial charge in [0.05, 0.1) is 30.3 Å². The summed E-state index contributed by atoms with van der Waals surface area (Å²) in [5.41, 5.74) is 1.27. The third kappa shape index (κ3) is 1.57. The first kappa shape index (κ1) is 10.8. The Labute approximate surface area is 106 Å². The van der Waals surface area contributed by atoms with Gasteiger partial charge in [0.1, 0.15) is 0 Å². The third-order valence-electron chi connectivity index (χ3n) is 3.05. The van der Waals surface area contributed by atoms with Crippen molar-refractivity contribution in [1.82, 2.24) is 4.57 Å². The molecule has 5 heteroatoms. The molecule has 0 aliphatic carbocycles. The molecule has 1 fully saturated rings. The molecule has 0 atom stereocenters. The van der Waals surface area contributed by atoms with Gasteiger partial charge in [0.25, 0.3) is 0 Å². The number of carboxylic acid groups (broad SMARTS) is 1. The fourth-order valence-electron chi connectivity index (χ4n) is 2.12. The highest BCUT2D eigenvalue weighted by atomic mass is 79.9. The molecule has 0 unspecified atom stereocenters. The summed E-state index contributed by atoms with van der Waals surface area (Å²) in [4.78, 5) is 11.2. The SMILES string of the molecule is O=C(O)c1cn(C2COC2)c2cccc(Br)c12. The van der Waals surface area contributed by atoms with Crippen LogP contribution in [0.3, 0.4) is 0 Å². The number of aromatic carboxylic acids is 1. The highest BCUT2D eigenvalue weighted by Gasteiger charge is 2.25. The number of hydrogen-bond acceptors (Lipinski definition) is 2. The topological polar surface area (TPSA) is 51.5 Å². The lowest BCUT2D eigenvalue weighted by molar-refractivity contribution is -0.0214. The molecule has 3 rings (SSSR count). The van der Waals surface area contributed by atoms with Crippen molar-refractivity contribution in [2.45, 2.75) is 6.04 Å². The number of fused-ring (bicyclic) bond motifs is 1. The molecule has 2 heterocycles. The van der Waals surface area contributed by atoms with E-state index in [9.17, 15) is 9.90 Å². The second kappa shape index (κ2) is 3.85. The number of nitrogens with zero attached hydrogens (tertiary/aromatic N) is 1. The van der Waals surface area contributed by atoms with E-state index in [0.717, 1.165) is 15.4 Å². The van der Waals surface area contributed by atoms with Gasteiger partial charge in [-0.05, 0) is 12.1 Å². The van der Waals surface area contributed by atoms with Crippen molar-refractivity contribution in [3.8, 4) is 0 Å². The van der Waals surface area contributed by atoms with E-state index >= 15 is 0 Å². The summed E-state index contributed by atoms with van der Waals surface area (Å²) in [7, 11) is 0. The van der Waals surface area contributed by atoms with E-state index in [-0.39, 0.29) is 6.04 Å². The standard InChI is InChI=1S/C12H10BrNO3/c13-9-2-1-3-10-11(9)8(12(15)16)4-14(10)7-5-17-6-7/h1-4,7H,5-6H2,(H,15,16). The monoisotopic (exact) mass is 295 g/mol. The highest BCUT2D eigenvalue weighted by molar-refractivity contribution is 9.10. The van der Waals surface area contributed by atoms with Gasteiger partial charge in [0.15, 0.2) is 0 Å². The van der Waals surface area contributed by atoms with Crippen LogP contribution >= 0.6 is 15.9 Å². The maximum atomic E-state index is 11.2. The summed E-state index contributed by atoms with van der Waals surface area (Å²) in [5, 5.41) is 9.98. The van der Waals surface area contributed by atoms with Gasteiger partial charge in [-0.1, -0.05) is 22.0 Å². The van der Waals surface area contributed by atoms with Gasteiger partial charge < -0.3 is 14.4 Å². The fraction of sp³-hybridized carbons (Fsp3) is 0.250. The Morgan fingerprint density at radius 2 is 2.24 bits per heavy atom. The van der Waals surface area contributed by atoms with E-state index < -0.39 is 5.97 Å². The van der Waals surface area contributed by atoms with E-state index in [1.807, 2.05) is 22.8 Å². The van der Waals surface area contributed by atoms with Gasteiger partial charge in [-0.15, -0.1) is 0 Å². The molecule has 1 aromatic heterocycles. The Hall–Kier alpha value is -1.33. The summed E-state index contributed by atoms with van der Waals surface area (Å²) in [6, 6.07) is 5.95. The molecule has 1 aromatic carbocycles. The molecule has 88 valence electrons. The van der Waals surface area contributed by atoms with Crippen LogP contribution in [0.5, 0.6) is 0 Å². The molecule has 0 bridgehead atoms. The molecule has 17 heavy (non-hydrogen) atoms. The minimum Gasteiger partial charge on any atom is -0.478 e. The van der Waals surface area contributed by atoms with Crippen molar-refractivity contribution < 1.29 is 14.6 Å². The number of halogens is 1. The molecule has 1 aliphatic heterocycles. The number of aromatic nitrogens is 1. The first-order valence-electron chi connectivity index (χ1n) is 5.28. The Morgan fingerprint density at radius 3 is 2.82 bits per heavy atom. The molecular formula is C12H10BrNO3. The smallest absolute Gasteiger partial charge is 0.337 e. The molecule has 4 nitrogen and oxygen atoms in total. The van der Waals surface area contributed by atoms with E-state index in [2.05, 4.69) is 15.9 Å². The molecule has 2 aromatic rings. The summed E-state index contributed by atoms with van der Waals surface area (Å²) < 4.78 is 7.96. The molecule has 0 amide bonds. The van der Waals surface area contributed by atoms with E-state index in [1.54, 1.807) is 6.20 Å². The fourth-order valence-corrected chi connectivity index (χ4v) is 2.69. The Morgan fingerprint density at radius 1 is 1.47 bits per heavy atom. The van der Waals surface area contributed by atoms with Crippen LogP contribution in [0, 0.1) is 0 Å². The highest BCUT2D eigenvalue weighted by Crippen LogP contribution is 2.32. The lowest BCUT2D eigenvalue weighted by Gasteiger charge is -2.28. The average molecular weight is 296 g/mol. The molecule has 1 N–H and O–H groups in total. The number of benzene rings is 1. The van der Waals surface area contributed by atoms with Crippen molar-refractivity contribution in [3.63, 3.8) is 0 Å². The number of carbonyl (C=O) groups is 1. The second-order valence-electron chi connectivity index (χ2n) is 4.08. The number of rotatable bonds is 2. The second-order valence-corrected chi connectivity index (χ2v) is 4.93. The first-order chi connectivity index (χ1) is 8.18. The minimum absolute atomic E-state index is 0.250. The van der Waals surface area contributed by atoms with Crippen molar-refractivity contribution >= 4 is 32.8 Å². The average Bonchev–Trinajstić information content (AvgIpc) is 2.57. The number of ether oxygens (including phenoxy) is 1. The third-order valence-corrected chi connectivity index (χ3v) is 3.71. The number of carboxylic acids is 1.